The van der Waals surface area contributed by atoms with Gasteiger partial charge in [-0.3, -0.25) is 0 Å². The number of rotatable bonds is 8. The van der Waals surface area contributed by atoms with Crippen molar-refractivity contribution < 1.29 is 9.84 Å². The van der Waals surface area contributed by atoms with E-state index in [0.29, 0.717) is 29.3 Å². The maximum atomic E-state index is 11.8. The highest BCUT2D eigenvalue weighted by atomic mass is 16.5. The van der Waals surface area contributed by atoms with Gasteiger partial charge in [0, 0.05) is 12.0 Å². The van der Waals surface area contributed by atoms with Gasteiger partial charge in [0.25, 0.3) is 0 Å². The zero-order chi connectivity index (χ0) is 24.0. The molecular weight excluding hydrogens is 404 g/mol. The van der Waals surface area contributed by atoms with Crippen molar-refractivity contribution in [1.82, 2.24) is 0 Å². The minimum atomic E-state index is -0.168. The molecule has 2 heteroatoms. The summed E-state index contributed by atoms with van der Waals surface area (Å²) in [5, 5.41) is 11.8. The minimum absolute atomic E-state index is 0.00234. The van der Waals surface area contributed by atoms with Crippen molar-refractivity contribution in [2.75, 3.05) is 6.61 Å². The van der Waals surface area contributed by atoms with Crippen molar-refractivity contribution in [1.29, 1.82) is 0 Å². The Hall–Kier alpha value is -0.340. The summed E-state index contributed by atoms with van der Waals surface area (Å²) in [4.78, 5) is 0. The summed E-state index contributed by atoms with van der Waals surface area (Å²) in [7, 11) is 0. The smallest absolute Gasteiger partial charge is 0.0641 e. The summed E-state index contributed by atoms with van der Waals surface area (Å²) in [5.41, 5.74) is 2.32. The van der Waals surface area contributed by atoms with Crippen LogP contribution in [0.5, 0.6) is 0 Å². The molecule has 3 saturated carbocycles. The molecule has 0 aromatic heterocycles. The molecule has 0 aromatic rings. The number of fused-ring (bicyclic) bond motifs is 5. The second kappa shape index (κ2) is 9.61. The maximum absolute atomic E-state index is 11.8. The molecule has 4 aliphatic rings. The first-order chi connectivity index (χ1) is 15.6. The molecule has 0 radical (unpaired) electrons. The van der Waals surface area contributed by atoms with E-state index in [1.165, 1.54) is 57.8 Å². The lowest BCUT2D eigenvalue weighted by Gasteiger charge is -2.62. The average molecular weight is 459 g/mol. The molecule has 4 rings (SSSR count). The van der Waals surface area contributed by atoms with Crippen LogP contribution in [0, 0.1) is 45.8 Å². The van der Waals surface area contributed by atoms with Gasteiger partial charge in [-0.15, -0.1) is 0 Å². The van der Waals surface area contributed by atoms with Crippen molar-refractivity contribution in [3.63, 3.8) is 0 Å². The molecule has 0 aliphatic heterocycles. The van der Waals surface area contributed by atoms with Crippen LogP contribution in [-0.4, -0.2) is 23.9 Å². The van der Waals surface area contributed by atoms with Crippen LogP contribution in [0.2, 0.25) is 0 Å². The first-order valence-electron chi connectivity index (χ1n) is 14.6. The lowest BCUT2D eigenvalue weighted by Crippen LogP contribution is -2.56. The Balaban J connectivity index is 1.62. The molecule has 190 valence electrons. The first-order valence-corrected chi connectivity index (χ1v) is 14.6. The van der Waals surface area contributed by atoms with E-state index in [2.05, 4.69) is 54.5 Å². The average Bonchev–Trinajstić information content (AvgIpc) is 3.01. The Bertz CT molecular complexity index is 712. The molecule has 9 atom stereocenters. The molecule has 0 unspecified atom stereocenters. The second-order valence-corrected chi connectivity index (χ2v) is 13.4. The minimum Gasteiger partial charge on any atom is -0.392 e. The number of allylic oxidation sites excluding steroid dienone is 1. The van der Waals surface area contributed by atoms with E-state index >= 15 is 0 Å². The molecule has 33 heavy (non-hydrogen) atoms. The summed E-state index contributed by atoms with van der Waals surface area (Å²) in [6, 6.07) is 0. The van der Waals surface area contributed by atoms with Gasteiger partial charge in [-0.25, -0.2) is 0 Å². The zero-order valence-corrected chi connectivity index (χ0v) is 23.0. The fraction of sp³-hybridized carbons (Fsp3) is 0.935. The van der Waals surface area contributed by atoms with Gasteiger partial charge < -0.3 is 9.84 Å². The summed E-state index contributed by atoms with van der Waals surface area (Å²) in [5.74, 6) is 3.57. The molecule has 0 spiro atoms. The van der Waals surface area contributed by atoms with E-state index in [1.807, 2.05) is 0 Å². The Morgan fingerprint density at radius 2 is 1.82 bits per heavy atom. The summed E-state index contributed by atoms with van der Waals surface area (Å²) < 4.78 is 6.08. The zero-order valence-electron chi connectivity index (χ0n) is 23.0. The highest BCUT2D eigenvalue weighted by Gasteiger charge is 2.68. The lowest BCUT2D eigenvalue weighted by molar-refractivity contribution is -0.0980. The van der Waals surface area contributed by atoms with Crippen LogP contribution in [0.1, 0.15) is 119 Å². The fourth-order valence-corrected chi connectivity index (χ4v) is 9.88. The van der Waals surface area contributed by atoms with Gasteiger partial charge in [0.2, 0.25) is 0 Å². The standard InChI is InChI=1S/C31H54O2/c1-8-31-26-14-13-23-19-24(33-9-2)15-17-29(23,6)25(26)16-18-30(31,7)27(20-28(31)32)22(5)12-10-11-21(3)4/h14,21-25,27-28,32H,8-13,15-20H2,1-7H3/t22-,23+,24+,25+,27-,28+,29+,30-,31-/m1/s1. The number of aliphatic hydroxyl groups excluding tert-OH is 1. The Morgan fingerprint density at radius 1 is 1.06 bits per heavy atom. The van der Waals surface area contributed by atoms with Gasteiger partial charge in [-0.2, -0.15) is 0 Å². The van der Waals surface area contributed by atoms with Crippen molar-refractivity contribution in [3.8, 4) is 0 Å². The maximum Gasteiger partial charge on any atom is 0.0641 e. The molecule has 1 N–H and O–H groups in total. The molecule has 2 nitrogen and oxygen atoms in total. The van der Waals surface area contributed by atoms with Gasteiger partial charge in [-0.05, 0) is 98.7 Å². The molecule has 0 amide bonds. The molecule has 0 heterocycles. The molecule has 4 aliphatic carbocycles. The first kappa shape index (κ1) is 25.7. The van der Waals surface area contributed by atoms with Crippen LogP contribution in [-0.2, 0) is 4.74 Å². The number of aliphatic hydroxyl groups is 1. The van der Waals surface area contributed by atoms with Crippen LogP contribution in [0.15, 0.2) is 11.6 Å². The van der Waals surface area contributed by atoms with E-state index in [0.717, 1.165) is 31.3 Å². The summed E-state index contributed by atoms with van der Waals surface area (Å²) in [6.45, 7) is 17.8. The Morgan fingerprint density at radius 3 is 2.48 bits per heavy atom. The Labute approximate surface area is 205 Å². The third kappa shape index (κ3) is 3.98. The summed E-state index contributed by atoms with van der Waals surface area (Å²) in [6.07, 6.45) is 16.7. The normalized spacial score (nSPS) is 45.8. The monoisotopic (exact) mass is 458 g/mol. The third-order valence-corrected chi connectivity index (χ3v) is 11.7. The van der Waals surface area contributed by atoms with E-state index in [1.54, 1.807) is 5.57 Å². The highest BCUT2D eigenvalue weighted by molar-refractivity contribution is 5.35. The van der Waals surface area contributed by atoms with Crippen LogP contribution in [0.4, 0.5) is 0 Å². The summed E-state index contributed by atoms with van der Waals surface area (Å²) >= 11 is 0. The van der Waals surface area contributed by atoms with Crippen molar-refractivity contribution >= 4 is 0 Å². The second-order valence-electron chi connectivity index (χ2n) is 13.4. The van der Waals surface area contributed by atoms with Crippen LogP contribution >= 0.6 is 0 Å². The van der Waals surface area contributed by atoms with Crippen molar-refractivity contribution in [2.45, 2.75) is 131 Å². The fourth-order valence-electron chi connectivity index (χ4n) is 9.88. The SMILES string of the molecule is CCO[C@H]1CC[C@@]2(C)[C@@H](CC=C3[C@@H]2CC[C@]2(C)[C@@H]([C@H](C)CCCC(C)C)C[C@H](O)[C@@]32CC)C1. The molecule has 3 fully saturated rings. The van der Waals surface area contributed by atoms with Crippen LogP contribution in [0.3, 0.4) is 0 Å². The van der Waals surface area contributed by atoms with Gasteiger partial charge >= 0.3 is 0 Å². The van der Waals surface area contributed by atoms with Crippen molar-refractivity contribution in [3.05, 3.63) is 11.6 Å². The van der Waals surface area contributed by atoms with Crippen LogP contribution in [0.25, 0.3) is 0 Å². The van der Waals surface area contributed by atoms with E-state index in [-0.39, 0.29) is 16.9 Å². The Kier molecular flexibility index (Phi) is 7.49. The van der Waals surface area contributed by atoms with Gasteiger partial charge in [0.05, 0.1) is 12.2 Å². The molecular formula is C31H54O2. The number of ether oxygens (including phenoxy) is 1. The lowest BCUT2D eigenvalue weighted by atomic mass is 9.42. The van der Waals surface area contributed by atoms with E-state index < -0.39 is 0 Å². The predicted octanol–water partition coefficient (Wildman–Crippen LogP) is 8.18. The predicted molar refractivity (Wildman–Crippen MR) is 139 cm³/mol. The van der Waals surface area contributed by atoms with Crippen LogP contribution < -0.4 is 0 Å². The van der Waals surface area contributed by atoms with E-state index in [9.17, 15) is 5.11 Å². The van der Waals surface area contributed by atoms with Crippen molar-refractivity contribution in [2.24, 2.45) is 45.8 Å². The van der Waals surface area contributed by atoms with Gasteiger partial charge in [0.1, 0.15) is 0 Å². The third-order valence-electron chi connectivity index (χ3n) is 11.7. The largest absolute Gasteiger partial charge is 0.392 e. The van der Waals surface area contributed by atoms with E-state index in [4.69, 9.17) is 4.74 Å². The molecule has 0 aromatic carbocycles. The topological polar surface area (TPSA) is 29.5 Å². The number of hydrogen-bond donors (Lipinski definition) is 1. The van der Waals surface area contributed by atoms with Gasteiger partial charge in [-0.1, -0.05) is 72.5 Å². The molecule has 0 bridgehead atoms. The number of hydrogen-bond acceptors (Lipinski definition) is 2. The highest BCUT2D eigenvalue weighted by Crippen LogP contribution is 2.73. The molecule has 0 saturated heterocycles. The quantitative estimate of drug-likeness (QED) is 0.371. The van der Waals surface area contributed by atoms with Gasteiger partial charge in [0.15, 0.2) is 0 Å².